The second kappa shape index (κ2) is 4.51. The number of aromatic nitrogens is 6. The quantitative estimate of drug-likeness (QED) is 0.469. The van der Waals surface area contributed by atoms with Gasteiger partial charge in [0.2, 0.25) is 4.77 Å². The van der Waals surface area contributed by atoms with E-state index in [-0.39, 0.29) is 5.69 Å². The Kier molecular flexibility index (Phi) is 3.35. The van der Waals surface area contributed by atoms with E-state index >= 15 is 0 Å². The molecule has 0 atom stereocenters. The van der Waals surface area contributed by atoms with E-state index in [0.717, 1.165) is 5.82 Å². The Balaban J connectivity index is 0.000000140. The normalized spacial score (nSPS) is 9.29. The third-order valence-electron chi connectivity index (χ3n) is 1.24. The van der Waals surface area contributed by atoms with Crippen molar-refractivity contribution in [2.75, 3.05) is 0 Å². The summed E-state index contributed by atoms with van der Waals surface area (Å²) in [6.45, 7) is 3.55. The first-order chi connectivity index (χ1) is 6.58. The highest BCUT2D eigenvalue weighted by atomic mass is 32.1. The van der Waals surface area contributed by atoms with Crippen molar-refractivity contribution >= 4 is 12.2 Å². The molecule has 2 heterocycles. The second-order valence-electron chi connectivity index (χ2n) is 2.52. The molecule has 2 rings (SSSR count). The standard InChI is InChI=1S/C3H5N3O.C3H5N3S/c2*1-2-4-3(7)6-5-2/h2*1H3,(H2,4,5,6,7). The zero-order chi connectivity index (χ0) is 10.6. The fourth-order valence-electron chi connectivity index (χ4n) is 0.707. The van der Waals surface area contributed by atoms with Gasteiger partial charge in [0, 0.05) is 0 Å². The highest BCUT2D eigenvalue weighted by molar-refractivity contribution is 7.71. The van der Waals surface area contributed by atoms with E-state index in [1.54, 1.807) is 6.92 Å². The van der Waals surface area contributed by atoms with Crippen LogP contribution in [0.3, 0.4) is 0 Å². The first-order valence-electron chi connectivity index (χ1n) is 3.80. The number of rotatable bonds is 0. The van der Waals surface area contributed by atoms with Gasteiger partial charge < -0.3 is 0 Å². The average Bonchev–Trinajstić information content (AvgIpc) is 2.63. The van der Waals surface area contributed by atoms with Crippen LogP contribution >= 0.6 is 12.2 Å². The summed E-state index contributed by atoms with van der Waals surface area (Å²) in [5, 5.41) is 11.1. The molecule has 14 heavy (non-hydrogen) atoms. The zero-order valence-corrected chi connectivity index (χ0v) is 8.53. The van der Waals surface area contributed by atoms with Crippen molar-refractivity contribution in [3.8, 4) is 0 Å². The Labute approximate surface area is 84.0 Å². The van der Waals surface area contributed by atoms with Gasteiger partial charge in [0.15, 0.2) is 0 Å². The summed E-state index contributed by atoms with van der Waals surface area (Å²) < 4.78 is 0.512. The lowest BCUT2D eigenvalue weighted by Crippen LogP contribution is -2.00. The summed E-state index contributed by atoms with van der Waals surface area (Å²) in [6, 6.07) is 0. The maximum atomic E-state index is 10.1. The van der Waals surface area contributed by atoms with Crippen LogP contribution in [0.2, 0.25) is 0 Å². The highest BCUT2D eigenvalue weighted by Crippen LogP contribution is 1.79. The summed E-state index contributed by atoms with van der Waals surface area (Å²) in [4.78, 5) is 16.3. The number of H-pyrrole nitrogens is 4. The molecule has 0 aliphatic heterocycles. The summed E-state index contributed by atoms with van der Waals surface area (Å²) in [7, 11) is 0. The molecule has 7 nitrogen and oxygen atoms in total. The van der Waals surface area contributed by atoms with Crippen molar-refractivity contribution in [1.82, 2.24) is 30.4 Å². The Hall–Kier alpha value is -1.70. The van der Waals surface area contributed by atoms with Crippen LogP contribution < -0.4 is 5.69 Å². The maximum Gasteiger partial charge on any atom is 0.340 e. The number of hydrogen-bond acceptors (Lipinski definition) is 4. The summed E-state index contributed by atoms with van der Waals surface area (Å²) in [5.41, 5.74) is -0.252. The van der Waals surface area contributed by atoms with Gasteiger partial charge in [-0.3, -0.25) is 15.2 Å². The number of nitrogens with one attached hydrogen (secondary N) is 4. The van der Waals surface area contributed by atoms with Gasteiger partial charge in [-0.25, -0.2) is 14.9 Å². The molecule has 0 fully saturated rings. The van der Waals surface area contributed by atoms with E-state index in [4.69, 9.17) is 0 Å². The van der Waals surface area contributed by atoms with Crippen LogP contribution in [0.1, 0.15) is 11.6 Å². The Bertz CT molecular complexity index is 444. The van der Waals surface area contributed by atoms with Crippen LogP contribution in [0.4, 0.5) is 0 Å². The summed E-state index contributed by atoms with van der Waals surface area (Å²) in [5.74, 6) is 1.44. The highest BCUT2D eigenvalue weighted by Gasteiger charge is 1.82. The molecule has 76 valence electrons. The molecule has 0 saturated heterocycles. The van der Waals surface area contributed by atoms with E-state index in [9.17, 15) is 4.79 Å². The van der Waals surface area contributed by atoms with Crippen molar-refractivity contribution in [2.45, 2.75) is 13.8 Å². The number of aryl methyl sites for hydroxylation is 2. The van der Waals surface area contributed by atoms with E-state index in [1.165, 1.54) is 0 Å². The molecule has 2 aromatic rings. The fourth-order valence-corrected chi connectivity index (χ4v) is 0.895. The SMILES string of the molecule is Cc1n[nH]c(=O)[nH]1.Cc1nc(=S)[nH][nH]1. The number of hydrogen-bond donors (Lipinski definition) is 4. The molecular weight excluding hydrogens is 204 g/mol. The summed E-state index contributed by atoms with van der Waals surface area (Å²) >= 11 is 4.63. The number of aromatic amines is 4. The molecule has 0 radical (unpaired) electrons. The molecule has 0 saturated carbocycles. The average molecular weight is 214 g/mol. The van der Waals surface area contributed by atoms with Crippen LogP contribution in [0, 0.1) is 18.6 Å². The minimum atomic E-state index is -0.252. The minimum absolute atomic E-state index is 0.252. The Morgan fingerprint density at radius 2 is 1.93 bits per heavy atom. The first-order valence-corrected chi connectivity index (χ1v) is 4.21. The molecule has 0 amide bonds. The number of nitrogens with zero attached hydrogens (tertiary/aromatic N) is 2. The van der Waals surface area contributed by atoms with Crippen molar-refractivity contribution in [3.63, 3.8) is 0 Å². The first kappa shape index (κ1) is 10.4. The van der Waals surface area contributed by atoms with Crippen molar-refractivity contribution in [3.05, 3.63) is 26.9 Å². The van der Waals surface area contributed by atoms with Gasteiger partial charge in [0.1, 0.15) is 11.6 Å². The minimum Gasteiger partial charge on any atom is -0.293 e. The molecule has 0 spiro atoms. The lowest BCUT2D eigenvalue weighted by Gasteiger charge is -1.67. The molecule has 8 heteroatoms. The second-order valence-corrected chi connectivity index (χ2v) is 2.90. The van der Waals surface area contributed by atoms with Gasteiger partial charge >= 0.3 is 5.69 Å². The molecule has 2 aromatic heterocycles. The predicted molar refractivity (Wildman–Crippen MR) is 52.5 cm³/mol. The van der Waals surface area contributed by atoms with Crippen molar-refractivity contribution in [1.29, 1.82) is 0 Å². The maximum absolute atomic E-state index is 10.1. The van der Waals surface area contributed by atoms with E-state index in [0.29, 0.717) is 10.6 Å². The van der Waals surface area contributed by atoms with Gasteiger partial charge in [0.05, 0.1) is 0 Å². The fraction of sp³-hybridized carbons (Fsp3) is 0.333. The van der Waals surface area contributed by atoms with Gasteiger partial charge in [-0.15, -0.1) is 0 Å². The molecule has 4 N–H and O–H groups in total. The predicted octanol–water partition coefficient (Wildman–Crippen LogP) is 0.182. The zero-order valence-electron chi connectivity index (χ0n) is 7.71. The Morgan fingerprint density at radius 3 is 2.07 bits per heavy atom. The van der Waals surface area contributed by atoms with E-state index in [2.05, 4.69) is 42.6 Å². The molecular formula is C6H10N6OS. The van der Waals surface area contributed by atoms with Gasteiger partial charge in [-0.05, 0) is 26.1 Å². The third-order valence-corrected chi connectivity index (χ3v) is 1.43. The molecule has 0 unspecified atom stereocenters. The van der Waals surface area contributed by atoms with Gasteiger partial charge in [-0.2, -0.15) is 5.10 Å². The summed E-state index contributed by atoms with van der Waals surface area (Å²) in [6.07, 6.45) is 0. The molecule has 0 aliphatic carbocycles. The smallest absolute Gasteiger partial charge is 0.293 e. The molecule has 0 aliphatic rings. The lowest BCUT2D eigenvalue weighted by atomic mass is 10.8. The largest absolute Gasteiger partial charge is 0.340 e. The van der Waals surface area contributed by atoms with Gasteiger partial charge in [-0.1, -0.05) is 0 Å². The van der Waals surface area contributed by atoms with E-state index < -0.39 is 0 Å². The van der Waals surface area contributed by atoms with E-state index in [1.807, 2.05) is 6.92 Å². The van der Waals surface area contributed by atoms with Crippen LogP contribution in [0.5, 0.6) is 0 Å². The van der Waals surface area contributed by atoms with Crippen LogP contribution in [-0.4, -0.2) is 30.4 Å². The van der Waals surface area contributed by atoms with Crippen molar-refractivity contribution < 1.29 is 0 Å². The topological polar surface area (TPSA) is 106 Å². The van der Waals surface area contributed by atoms with Gasteiger partial charge in [0.25, 0.3) is 0 Å². The third kappa shape index (κ3) is 3.35. The molecule has 0 bridgehead atoms. The van der Waals surface area contributed by atoms with Crippen LogP contribution in [0.15, 0.2) is 4.79 Å². The van der Waals surface area contributed by atoms with Crippen LogP contribution in [-0.2, 0) is 0 Å². The lowest BCUT2D eigenvalue weighted by molar-refractivity contribution is 1.02. The monoisotopic (exact) mass is 214 g/mol. The van der Waals surface area contributed by atoms with Crippen molar-refractivity contribution in [2.24, 2.45) is 0 Å². The Morgan fingerprint density at radius 1 is 1.21 bits per heavy atom. The van der Waals surface area contributed by atoms with Crippen LogP contribution in [0.25, 0.3) is 0 Å². The molecule has 0 aromatic carbocycles.